The molecule has 0 unspecified atom stereocenters. The maximum Gasteiger partial charge on any atom is 0.338 e. The lowest BCUT2D eigenvalue weighted by Gasteiger charge is -2.32. The average molecular weight is 423 g/mol. The average Bonchev–Trinajstić information content (AvgIpc) is 3.12. The number of urea groups is 1. The highest BCUT2D eigenvalue weighted by Gasteiger charge is 2.42. The van der Waals surface area contributed by atoms with Gasteiger partial charge in [-0.2, -0.15) is 5.26 Å². The molecule has 3 amide bonds. The zero-order chi connectivity index (χ0) is 21.3. The molecule has 1 atom stereocenters. The van der Waals surface area contributed by atoms with Gasteiger partial charge in [0.15, 0.2) is 0 Å². The molecule has 2 heterocycles. The Hall–Kier alpha value is -3.83. The third-order valence-electron chi connectivity index (χ3n) is 4.78. The van der Waals surface area contributed by atoms with E-state index in [0.29, 0.717) is 27.5 Å². The Labute approximate surface area is 176 Å². The minimum atomic E-state index is -0.689. The number of ether oxygens (including phenoxy) is 1. The number of anilines is 1. The molecule has 2 aromatic rings. The molecule has 0 bridgehead atoms. The zero-order valence-corrected chi connectivity index (χ0v) is 16.3. The molecule has 2 N–H and O–H groups in total. The molecule has 0 aromatic heterocycles. The Bertz CT molecular complexity index is 1120. The predicted molar refractivity (Wildman–Crippen MR) is 107 cm³/mol. The van der Waals surface area contributed by atoms with Crippen LogP contribution in [0.25, 0.3) is 0 Å². The second-order valence-corrected chi connectivity index (χ2v) is 7.13. The van der Waals surface area contributed by atoms with Gasteiger partial charge < -0.3 is 15.4 Å². The monoisotopic (exact) mass is 422 g/mol. The normalized spacial score (nSPS) is 17.7. The van der Waals surface area contributed by atoms with E-state index in [1.165, 1.54) is 11.0 Å². The highest BCUT2D eigenvalue weighted by atomic mass is 35.5. The Kier molecular flexibility index (Phi) is 5.12. The summed E-state index contributed by atoms with van der Waals surface area (Å²) >= 11 is 5.92. The molecule has 8 nitrogen and oxygen atoms in total. The van der Waals surface area contributed by atoms with Crippen LogP contribution in [0.3, 0.4) is 0 Å². The summed E-state index contributed by atoms with van der Waals surface area (Å²) in [6.07, 6.45) is 0. The first-order valence-corrected chi connectivity index (χ1v) is 9.38. The lowest BCUT2D eigenvalue weighted by molar-refractivity contribution is -0.136. The highest BCUT2D eigenvalue weighted by molar-refractivity contribution is 6.30. The van der Waals surface area contributed by atoms with E-state index in [4.69, 9.17) is 21.6 Å². The number of amides is 3. The number of cyclic esters (lactones) is 1. The Morgan fingerprint density at radius 1 is 1.27 bits per heavy atom. The van der Waals surface area contributed by atoms with Crippen LogP contribution in [0, 0.1) is 11.3 Å². The van der Waals surface area contributed by atoms with Crippen molar-refractivity contribution in [3.8, 4) is 6.07 Å². The molecule has 30 heavy (non-hydrogen) atoms. The van der Waals surface area contributed by atoms with Crippen molar-refractivity contribution in [2.24, 2.45) is 0 Å². The van der Waals surface area contributed by atoms with Crippen LogP contribution in [-0.2, 0) is 14.3 Å². The summed E-state index contributed by atoms with van der Waals surface area (Å²) in [7, 11) is 0. The summed E-state index contributed by atoms with van der Waals surface area (Å²) < 4.78 is 5.14. The summed E-state index contributed by atoms with van der Waals surface area (Å²) in [5.74, 6) is -1.02. The van der Waals surface area contributed by atoms with Gasteiger partial charge in [0.1, 0.15) is 13.2 Å². The minimum absolute atomic E-state index is 0.0944. The zero-order valence-electron chi connectivity index (χ0n) is 15.5. The van der Waals surface area contributed by atoms with Crippen molar-refractivity contribution in [1.82, 2.24) is 10.2 Å². The molecule has 0 spiro atoms. The molecule has 0 saturated heterocycles. The predicted octanol–water partition coefficient (Wildman–Crippen LogP) is 2.73. The van der Waals surface area contributed by atoms with Gasteiger partial charge in [-0.25, -0.2) is 9.59 Å². The van der Waals surface area contributed by atoms with Crippen molar-refractivity contribution >= 4 is 35.2 Å². The molecular formula is C21H15ClN4O4. The molecule has 4 rings (SSSR count). The van der Waals surface area contributed by atoms with Gasteiger partial charge in [-0.15, -0.1) is 0 Å². The maximum atomic E-state index is 12.7. The number of benzene rings is 2. The fourth-order valence-corrected chi connectivity index (χ4v) is 3.52. The smallest absolute Gasteiger partial charge is 0.338 e. The van der Waals surface area contributed by atoms with Crippen LogP contribution in [0.5, 0.6) is 0 Å². The van der Waals surface area contributed by atoms with E-state index in [1.54, 1.807) is 42.5 Å². The van der Waals surface area contributed by atoms with Crippen LogP contribution in [-0.4, -0.2) is 36.0 Å². The number of hydrogen-bond acceptors (Lipinski definition) is 5. The summed E-state index contributed by atoms with van der Waals surface area (Å²) in [6.45, 7) is -0.408. The quantitative estimate of drug-likeness (QED) is 0.736. The topological polar surface area (TPSA) is 112 Å². The number of carbonyl (C=O) groups excluding carboxylic acids is 3. The number of hydrogen-bond donors (Lipinski definition) is 2. The summed E-state index contributed by atoms with van der Waals surface area (Å²) in [5.41, 5.74) is 2.15. The van der Waals surface area contributed by atoms with Gasteiger partial charge in [0.25, 0.3) is 0 Å². The SMILES string of the molecule is N#Cc1cccc(NC(=O)CN2C(=O)N[C@@H](c3ccc(Cl)cc3)C3=C2COC3=O)c1. The number of halogens is 1. The molecule has 2 aromatic carbocycles. The van der Waals surface area contributed by atoms with Gasteiger partial charge in [0.2, 0.25) is 5.91 Å². The van der Waals surface area contributed by atoms with Gasteiger partial charge in [0.05, 0.1) is 28.9 Å². The number of nitrogens with zero attached hydrogens (tertiary/aromatic N) is 2. The first-order chi connectivity index (χ1) is 14.5. The van der Waals surface area contributed by atoms with Crippen LogP contribution >= 0.6 is 11.6 Å². The fourth-order valence-electron chi connectivity index (χ4n) is 3.39. The lowest BCUT2D eigenvalue weighted by Crippen LogP contribution is -2.49. The van der Waals surface area contributed by atoms with Crippen LogP contribution in [0.15, 0.2) is 59.8 Å². The number of nitriles is 1. The third-order valence-corrected chi connectivity index (χ3v) is 5.03. The second-order valence-electron chi connectivity index (χ2n) is 6.70. The van der Waals surface area contributed by atoms with E-state index in [9.17, 15) is 14.4 Å². The largest absolute Gasteiger partial charge is 0.456 e. The highest BCUT2D eigenvalue weighted by Crippen LogP contribution is 2.35. The van der Waals surface area contributed by atoms with E-state index in [0.717, 1.165) is 0 Å². The molecule has 9 heteroatoms. The van der Waals surface area contributed by atoms with E-state index in [-0.39, 0.29) is 18.7 Å². The minimum Gasteiger partial charge on any atom is -0.456 e. The summed E-state index contributed by atoms with van der Waals surface area (Å²) in [5, 5.41) is 14.9. The van der Waals surface area contributed by atoms with Crippen molar-refractivity contribution in [2.75, 3.05) is 18.5 Å². The summed E-state index contributed by atoms with van der Waals surface area (Å²) in [4.78, 5) is 38.8. The van der Waals surface area contributed by atoms with Crippen molar-refractivity contribution in [3.05, 3.63) is 76.0 Å². The first-order valence-electron chi connectivity index (χ1n) is 9.00. The van der Waals surface area contributed by atoms with Crippen molar-refractivity contribution < 1.29 is 19.1 Å². The standard InChI is InChI=1S/C21H15ClN4O4/c22-14-6-4-13(5-7-14)19-18-16(11-30-20(18)28)26(21(29)25-19)10-17(27)24-15-3-1-2-12(8-15)9-23/h1-8,19H,10-11H2,(H,24,27)(H,25,29)/t19-/m0/s1. The van der Waals surface area contributed by atoms with E-state index in [2.05, 4.69) is 10.6 Å². The van der Waals surface area contributed by atoms with Gasteiger partial charge in [-0.1, -0.05) is 29.8 Å². The molecular weight excluding hydrogens is 408 g/mol. The van der Waals surface area contributed by atoms with Gasteiger partial charge in [-0.3, -0.25) is 9.69 Å². The van der Waals surface area contributed by atoms with Crippen LogP contribution < -0.4 is 10.6 Å². The molecule has 0 fully saturated rings. The fraction of sp³-hybridized carbons (Fsp3) is 0.143. The van der Waals surface area contributed by atoms with Crippen LogP contribution in [0.4, 0.5) is 10.5 Å². The molecule has 150 valence electrons. The van der Waals surface area contributed by atoms with Crippen molar-refractivity contribution in [3.63, 3.8) is 0 Å². The molecule has 2 aliphatic heterocycles. The molecule has 2 aliphatic rings. The second kappa shape index (κ2) is 7.89. The van der Waals surface area contributed by atoms with Gasteiger partial charge in [0, 0.05) is 10.7 Å². The first kappa shape index (κ1) is 19.5. The summed E-state index contributed by atoms with van der Waals surface area (Å²) in [6, 6.07) is 14.0. The molecule has 0 saturated carbocycles. The lowest BCUT2D eigenvalue weighted by atomic mass is 9.96. The van der Waals surface area contributed by atoms with Gasteiger partial charge in [-0.05, 0) is 35.9 Å². The number of carbonyl (C=O) groups is 3. The van der Waals surface area contributed by atoms with Crippen molar-refractivity contribution in [1.29, 1.82) is 5.26 Å². The Morgan fingerprint density at radius 2 is 2.03 bits per heavy atom. The van der Waals surface area contributed by atoms with Crippen LogP contribution in [0.2, 0.25) is 5.02 Å². The third kappa shape index (κ3) is 3.71. The molecule has 0 radical (unpaired) electrons. The van der Waals surface area contributed by atoms with E-state index >= 15 is 0 Å². The Morgan fingerprint density at radius 3 is 2.77 bits per heavy atom. The number of esters is 1. The number of rotatable bonds is 4. The number of nitrogens with one attached hydrogen (secondary N) is 2. The Balaban J connectivity index is 1.58. The van der Waals surface area contributed by atoms with Gasteiger partial charge >= 0.3 is 12.0 Å². The maximum absolute atomic E-state index is 12.7. The van der Waals surface area contributed by atoms with E-state index < -0.39 is 23.9 Å². The van der Waals surface area contributed by atoms with Crippen molar-refractivity contribution in [2.45, 2.75) is 6.04 Å². The molecule has 0 aliphatic carbocycles. The van der Waals surface area contributed by atoms with E-state index in [1.807, 2.05) is 6.07 Å². The van der Waals surface area contributed by atoms with Crippen LogP contribution in [0.1, 0.15) is 17.2 Å².